The van der Waals surface area contributed by atoms with Gasteiger partial charge in [0.1, 0.15) is 42.9 Å². The fourth-order valence-corrected chi connectivity index (χ4v) is 10.9. The van der Waals surface area contributed by atoms with Gasteiger partial charge < -0.3 is 81.8 Å². The highest BCUT2D eigenvalue weighted by molar-refractivity contribution is 5.88. The summed E-state index contributed by atoms with van der Waals surface area (Å²) in [5.74, 6) is -11.0. The van der Waals surface area contributed by atoms with Crippen LogP contribution in [0.5, 0.6) is 0 Å². The number of ketones is 3. The van der Waals surface area contributed by atoms with E-state index in [-0.39, 0.29) is 154 Å². The van der Waals surface area contributed by atoms with Gasteiger partial charge in [-0.3, -0.25) is 57.6 Å². The quantitative estimate of drug-likeness (QED) is 0.0416. The molecule has 0 saturated carbocycles. The van der Waals surface area contributed by atoms with Crippen molar-refractivity contribution >= 4 is 76.7 Å². The number of hydrogen-bond acceptors (Lipinski definition) is 20. The minimum Gasteiger partial charge on any atom is -0.481 e. The van der Waals surface area contributed by atoms with Crippen LogP contribution in [-0.2, 0) is 87.7 Å². The number of unbranched alkanes of at least 4 members (excludes halogenated alkanes) is 14. The summed E-state index contributed by atoms with van der Waals surface area (Å²) in [5, 5.41) is 60.1. The molecule has 2 rings (SSSR count). The maximum Gasteiger partial charge on any atom is 0.326 e. The molecule has 0 aromatic carbocycles. The van der Waals surface area contributed by atoms with Crippen molar-refractivity contribution in [2.45, 2.75) is 223 Å². The third-order valence-corrected chi connectivity index (χ3v) is 16.5. The molecule has 1 aromatic rings. The van der Waals surface area contributed by atoms with Crippen molar-refractivity contribution in [2.24, 2.45) is 17.6 Å². The lowest BCUT2D eigenvalue weighted by Gasteiger charge is -2.24. The standard InChI is InChI=1S/C66H109N9O22/c67-51(41-49-42-68-46-72-49)55(77)26-22-47(56(78)43-75-33-17-19-54(75)66(92)93)18-15-16-30-69-57(79)28-24-53(65(90)91)74-60(82)27-23-48(63(86)87)40-50(76)44-96-38-36-95-35-32-71-61(83)45-97-39-37-94-34-31-70-58(80)29-25-52(64(88)89)73-59(81)20-13-11-9-7-5-3-1-2-4-6-8-10-12-14-21-62(84)85/h42,46-48,51-54H,1-41,43-45,67H2,(H,68,72)(H,69,79)(H,70,80)(H,71,83)(H,73,81)(H,74,82)(H,84,85)(H,86,87)(H,88,89)(H,90,91)(H,92,93)/t47-,48-,51+,52+,53+,54+/m1/s1. The van der Waals surface area contributed by atoms with Gasteiger partial charge in [-0.1, -0.05) is 83.5 Å². The van der Waals surface area contributed by atoms with Crippen LogP contribution in [0.2, 0.25) is 0 Å². The van der Waals surface area contributed by atoms with Crippen LogP contribution in [-0.4, -0.2) is 227 Å². The molecule has 31 nitrogen and oxygen atoms in total. The molecule has 0 aliphatic carbocycles. The summed E-state index contributed by atoms with van der Waals surface area (Å²) in [6, 6.07) is -4.24. The fourth-order valence-electron chi connectivity index (χ4n) is 10.9. The van der Waals surface area contributed by atoms with Crippen LogP contribution >= 0.6 is 0 Å². The number of hydrogen-bond donors (Lipinski definition) is 12. The summed E-state index contributed by atoms with van der Waals surface area (Å²) in [5.41, 5.74) is 6.81. The molecule has 0 spiro atoms. The second-order valence-corrected chi connectivity index (χ2v) is 24.6. The Morgan fingerprint density at radius 1 is 0.505 bits per heavy atom. The lowest BCUT2D eigenvalue weighted by Crippen LogP contribution is -2.42. The van der Waals surface area contributed by atoms with Gasteiger partial charge in [0.05, 0.1) is 64.5 Å². The number of Topliss-reactive ketones (excluding diaryl/α,β-unsaturated/α-hetero) is 3. The highest BCUT2D eigenvalue weighted by atomic mass is 16.5. The number of aromatic amines is 1. The van der Waals surface area contributed by atoms with Crippen molar-refractivity contribution in [3.05, 3.63) is 18.2 Å². The monoisotopic (exact) mass is 1380 g/mol. The molecular weight excluding hydrogens is 1270 g/mol. The zero-order chi connectivity index (χ0) is 71.4. The van der Waals surface area contributed by atoms with Gasteiger partial charge >= 0.3 is 29.8 Å². The largest absolute Gasteiger partial charge is 0.481 e. The Labute approximate surface area is 567 Å². The predicted octanol–water partition coefficient (Wildman–Crippen LogP) is 3.41. The number of aromatic nitrogens is 2. The van der Waals surface area contributed by atoms with Crippen molar-refractivity contribution in [3.63, 3.8) is 0 Å². The number of imidazole rings is 1. The van der Waals surface area contributed by atoms with E-state index in [2.05, 4.69) is 36.6 Å². The Morgan fingerprint density at radius 3 is 1.53 bits per heavy atom. The van der Waals surface area contributed by atoms with Crippen molar-refractivity contribution in [1.82, 2.24) is 41.5 Å². The molecule has 0 radical (unpaired) electrons. The van der Waals surface area contributed by atoms with Crippen LogP contribution in [0.1, 0.15) is 198 Å². The number of rotatable bonds is 64. The van der Waals surface area contributed by atoms with E-state index in [1.165, 1.54) is 38.4 Å². The number of amides is 5. The Hall–Kier alpha value is -7.32. The number of nitrogens with one attached hydrogen (secondary N) is 6. The Morgan fingerprint density at radius 2 is 1.00 bits per heavy atom. The summed E-state index contributed by atoms with van der Waals surface area (Å²) in [7, 11) is 0. The molecule has 550 valence electrons. The second-order valence-electron chi connectivity index (χ2n) is 24.6. The Kier molecular flexibility index (Phi) is 47.5. The van der Waals surface area contributed by atoms with Crippen LogP contribution < -0.4 is 32.3 Å². The van der Waals surface area contributed by atoms with E-state index in [1.807, 2.05) is 0 Å². The SMILES string of the molecule is N[C@@H](Cc1cnc[nH]1)C(=O)CC[C@@H](CCCCNC(=O)CC[C@H](NC(=O)CC[C@H](CC(=O)COCCOCCNC(=O)COCCOCCNC(=O)CC[C@H](NC(=O)CCCCCCCCCCCCCCCCC(=O)O)C(=O)O)C(=O)O)C(=O)O)C(=O)CN1CCC[C@H]1C(=O)O. The first kappa shape index (κ1) is 85.8. The normalized spacial score (nSPS) is 14.5. The van der Waals surface area contributed by atoms with E-state index in [0.717, 1.165) is 51.4 Å². The topological polar surface area (TPSA) is 478 Å². The summed E-state index contributed by atoms with van der Waals surface area (Å²) in [4.78, 5) is 168. The minimum atomic E-state index is -1.48. The number of carbonyl (C=O) groups excluding carboxylic acids is 8. The van der Waals surface area contributed by atoms with E-state index < -0.39 is 115 Å². The van der Waals surface area contributed by atoms with Crippen LogP contribution in [0.15, 0.2) is 12.5 Å². The molecule has 6 atom stereocenters. The number of likely N-dealkylation sites (tertiary alicyclic amines) is 1. The van der Waals surface area contributed by atoms with Gasteiger partial charge in [0.2, 0.25) is 29.5 Å². The molecule has 2 heterocycles. The van der Waals surface area contributed by atoms with Gasteiger partial charge in [0.25, 0.3) is 0 Å². The number of carboxylic acids is 5. The van der Waals surface area contributed by atoms with Crippen molar-refractivity contribution < 1.29 is 107 Å². The molecule has 1 saturated heterocycles. The summed E-state index contributed by atoms with van der Waals surface area (Å²) < 4.78 is 21.4. The van der Waals surface area contributed by atoms with Crippen LogP contribution in [0, 0.1) is 11.8 Å². The van der Waals surface area contributed by atoms with E-state index in [1.54, 1.807) is 11.1 Å². The highest BCUT2D eigenvalue weighted by Crippen LogP contribution is 2.23. The number of carbonyl (C=O) groups is 13. The summed E-state index contributed by atoms with van der Waals surface area (Å²) >= 11 is 0. The zero-order valence-electron chi connectivity index (χ0n) is 56.4. The summed E-state index contributed by atoms with van der Waals surface area (Å²) in [6.45, 7) is 0.593. The van der Waals surface area contributed by atoms with E-state index in [0.29, 0.717) is 50.8 Å². The molecular formula is C66H109N9O22. The molecule has 31 heteroatoms. The molecule has 97 heavy (non-hydrogen) atoms. The molecule has 0 unspecified atom stereocenters. The van der Waals surface area contributed by atoms with Crippen molar-refractivity contribution in [3.8, 4) is 0 Å². The lowest BCUT2D eigenvalue weighted by molar-refractivity contribution is -0.145. The third-order valence-electron chi connectivity index (χ3n) is 16.5. The smallest absolute Gasteiger partial charge is 0.326 e. The number of nitrogens with zero attached hydrogens (tertiary/aromatic N) is 2. The zero-order valence-corrected chi connectivity index (χ0v) is 56.4. The first-order chi connectivity index (χ1) is 46.6. The maximum atomic E-state index is 13.5. The van der Waals surface area contributed by atoms with E-state index >= 15 is 0 Å². The average Bonchev–Trinajstić information content (AvgIpc) is 1.78. The fraction of sp³-hybridized carbons (Fsp3) is 0.758. The number of carboxylic acid groups (broad SMARTS) is 5. The Balaban J connectivity index is 1.50. The molecule has 1 fully saturated rings. The maximum absolute atomic E-state index is 13.5. The van der Waals surface area contributed by atoms with Gasteiger partial charge in [0, 0.05) is 88.8 Å². The van der Waals surface area contributed by atoms with Crippen LogP contribution in [0.3, 0.4) is 0 Å². The third kappa shape index (κ3) is 44.3. The van der Waals surface area contributed by atoms with Gasteiger partial charge in [-0.05, 0) is 70.8 Å². The number of nitrogens with two attached hydrogens (primary N) is 1. The number of ether oxygens (including phenoxy) is 4. The Bertz CT molecular complexity index is 2520. The second kappa shape index (κ2) is 53.7. The first-order valence-electron chi connectivity index (χ1n) is 34.4. The lowest BCUT2D eigenvalue weighted by atomic mass is 9.89. The van der Waals surface area contributed by atoms with Gasteiger partial charge in [-0.15, -0.1) is 0 Å². The average molecular weight is 1380 g/mol. The highest BCUT2D eigenvalue weighted by Gasteiger charge is 2.34. The number of H-pyrrole nitrogens is 1. The van der Waals surface area contributed by atoms with Crippen LogP contribution in [0.25, 0.3) is 0 Å². The molecule has 0 bridgehead atoms. The van der Waals surface area contributed by atoms with Gasteiger partial charge in [-0.25, -0.2) is 14.6 Å². The van der Waals surface area contributed by atoms with Crippen LogP contribution in [0.4, 0.5) is 0 Å². The summed E-state index contributed by atoms with van der Waals surface area (Å²) in [6.07, 6.45) is 19.1. The molecule has 13 N–H and O–H groups in total. The molecule has 5 amide bonds. The van der Waals surface area contributed by atoms with Crippen molar-refractivity contribution in [2.75, 3.05) is 85.6 Å². The van der Waals surface area contributed by atoms with Crippen molar-refractivity contribution in [1.29, 1.82) is 0 Å². The molecule has 1 aromatic heterocycles. The van der Waals surface area contributed by atoms with Gasteiger partial charge in [-0.2, -0.15) is 0 Å². The molecule has 1 aliphatic heterocycles. The first-order valence-corrected chi connectivity index (χ1v) is 34.4. The number of aliphatic carboxylic acids is 5. The molecule has 1 aliphatic rings. The predicted molar refractivity (Wildman–Crippen MR) is 350 cm³/mol. The van der Waals surface area contributed by atoms with Gasteiger partial charge in [0.15, 0.2) is 5.78 Å². The minimum absolute atomic E-state index is 0.0323. The van der Waals surface area contributed by atoms with E-state index in [9.17, 15) is 82.8 Å². The van der Waals surface area contributed by atoms with E-state index in [4.69, 9.17) is 29.8 Å².